The summed E-state index contributed by atoms with van der Waals surface area (Å²) in [6.07, 6.45) is 5.25. The molecule has 0 saturated carbocycles. The Labute approximate surface area is 177 Å². The van der Waals surface area contributed by atoms with E-state index in [1.807, 2.05) is 0 Å². The molecule has 1 aliphatic rings. The number of rotatable bonds is 7. The Morgan fingerprint density at radius 2 is 1.87 bits per heavy atom. The van der Waals surface area contributed by atoms with Crippen LogP contribution in [0.2, 0.25) is 0 Å². The molecular weight excluding hydrogens is 376 g/mol. The number of carbonyl (C=O) groups is 1. The van der Waals surface area contributed by atoms with Crippen LogP contribution in [0, 0.1) is 0 Å². The highest BCUT2D eigenvalue weighted by molar-refractivity contribution is 5.93. The van der Waals surface area contributed by atoms with E-state index in [-0.39, 0.29) is 5.91 Å². The van der Waals surface area contributed by atoms with Crippen LogP contribution in [0.15, 0.2) is 54.9 Å². The lowest BCUT2D eigenvalue weighted by Crippen LogP contribution is -2.29. The minimum Gasteiger partial charge on any atom is -0.345 e. The van der Waals surface area contributed by atoms with Gasteiger partial charge >= 0.3 is 0 Å². The minimum absolute atomic E-state index is 0.125. The van der Waals surface area contributed by atoms with Gasteiger partial charge in [-0.1, -0.05) is 37.3 Å². The Balaban J connectivity index is 1.30. The Bertz CT molecular complexity index is 956. The van der Waals surface area contributed by atoms with Crippen molar-refractivity contribution < 1.29 is 4.79 Å². The summed E-state index contributed by atoms with van der Waals surface area (Å²) in [6, 6.07) is 14.1. The Morgan fingerprint density at radius 3 is 2.67 bits per heavy atom. The largest absolute Gasteiger partial charge is 0.345 e. The fourth-order valence-corrected chi connectivity index (χ4v) is 3.87. The van der Waals surface area contributed by atoms with E-state index in [2.05, 4.69) is 67.2 Å². The molecule has 30 heavy (non-hydrogen) atoms. The van der Waals surface area contributed by atoms with Gasteiger partial charge in [-0.25, -0.2) is 0 Å². The van der Waals surface area contributed by atoms with Crippen LogP contribution in [-0.2, 0) is 19.5 Å². The fourth-order valence-electron chi connectivity index (χ4n) is 3.87. The smallest absolute Gasteiger partial charge is 0.251 e. The van der Waals surface area contributed by atoms with Crippen LogP contribution in [0.1, 0.15) is 46.8 Å². The molecule has 1 amide bonds. The van der Waals surface area contributed by atoms with Gasteiger partial charge in [-0.15, -0.1) is 10.2 Å². The van der Waals surface area contributed by atoms with Crippen molar-refractivity contribution in [1.82, 2.24) is 30.0 Å². The van der Waals surface area contributed by atoms with E-state index in [4.69, 9.17) is 0 Å². The lowest BCUT2D eigenvalue weighted by atomic mass is 9.98. The number of fused-ring (bicyclic) bond motifs is 1. The number of amides is 1. The van der Waals surface area contributed by atoms with Gasteiger partial charge in [-0.2, -0.15) is 0 Å². The van der Waals surface area contributed by atoms with Crippen LogP contribution in [-0.4, -0.2) is 50.2 Å². The normalized spacial score (nSPS) is 15.2. The van der Waals surface area contributed by atoms with E-state index in [9.17, 15) is 4.79 Å². The van der Waals surface area contributed by atoms with Crippen LogP contribution in [0.25, 0.3) is 0 Å². The van der Waals surface area contributed by atoms with Gasteiger partial charge in [0, 0.05) is 44.0 Å². The average Bonchev–Trinajstić information content (AvgIpc) is 3.07. The topological polar surface area (TPSA) is 75.9 Å². The number of carbonyl (C=O) groups excluding carboxylic acids is 1. The molecule has 2 aromatic heterocycles. The molecule has 0 spiro atoms. The third kappa shape index (κ3) is 4.91. The molecule has 1 aromatic carbocycles. The van der Waals surface area contributed by atoms with Crippen LogP contribution in [0.3, 0.4) is 0 Å². The molecule has 0 fully saturated rings. The molecule has 1 atom stereocenters. The van der Waals surface area contributed by atoms with Gasteiger partial charge < -0.3 is 14.8 Å². The van der Waals surface area contributed by atoms with E-state index in [1.54, 1.807) is 24.5 Å². The zero-order valence-corrected chi connectivity index (χ0v) is 17.4. The molecule has 3 aromatic rings. The fraction of sp³-hybridized carbons (Fsp3) is 0.391. The van der Waals surface area contributed by atoms with Gasteiger partial charge in [-0.05, 0) is 36.6 Å². The highest BCUT2D eigenvalue weighted by atomic mass is 16.1. The third-order valence-corrected chi connectivity index (χ3v) is 5.79. The second-order valence-electron chi connectivity index (χ2n) is 7.79. The monoisotopic (exact) mass is 404 g/mol. The first-order valence-corrected chi connectivity index (χ1v) is 10.6. The molecule has 1 aliphatic heterocycles. The maximum atomic E-state index is 12.3. The summed E-state index contributed by atoms with van der Waals surface area (Å²) in [4.78, 5) is 18.7. The van der Waals surface area contributed by atoms with E-state index in [1.165, 1.54) is 5.56 Å². The van der Waals surface area contributed by atoms with Crippen molar-refractivity contribution >= 4 is 5.91 Å². The van der Waals surface area contributed by atoms with Crippen molar-refractivity contribution in [2.75, 3.05) is 19.6 Å². The molecule has 4 rings (SSSR count). The number of aromatic nitrogens is 4. The summed E-state index contributed by atoms with van der Waals surface area (Å²) >= 11 is 0. The number of pyridine rings is 1. The number of hydrogen-bond acceptors (Lipinski definition) is 5. The lowest BCUT2D eigenvalue weighted by molar-refractivity contribution is 0.0949. The van der Waals surface area contributed by atoms with Crippen LogP contribution in [0.5, 0.6) is 0 Å². The van der Waals surface area contributed by atoms with Crippen molar-refractivity contribution in [3.63, 3.8) is 0 Å². The number of benzene rings is 1. The second kappa shape index (κ2) is 9.63. The van der Waals surface area contributed by atoms with Gasteiger partial charge in [0.2, 0.25) is 0 Å². The Kier molecular flexibility index (Phi) is 6.49. The maximum absolute atomic E-state index is 12.3. The highest BCUT2D eigenvalue weighted by Gasteiger charge is 2.19. The summed E-state index contributed by atoms with van der Waals surface area (Å²) in [5.41, 5.74) is 2.00. The summed E-state index contributed by atoms with van der Waals surface area (Å²) in [5.74, 6) is 2.24. The molecule has 0 saturated heterocycles. The number of nitrogens with zero attached hydrogens (tertiary/aromatic N) is 5. The van der Waals surface area contributed by atoms with Gasteiger partial charge in [0.05, 0.1) is 6.54 Å². The molecule has 156 valence electrons. The van der Waals surface area contributed by atoms with Crippen molar-refractivity contribution in [3.8, 4) is 0 Å². The van der Waals surface area contributed by atoms with Gasteiger partial charge in [0.1, 0.15) is 5.82 Å². The van der Waals surface area contributed by atoms with Crippen molar-refractivity contribution in [2.24, 2.45) is 0 Å². The first-order chi connectivity index (χ1) is 14.7. The van der Waals surface area contributed by atoms with Crippen LogP contribution in [0.4, 0.5) is 0 Å². The summed E-state index contributed by atoms with van der Waals surface area (Å²) < 4.78 is 2.16. The molecule has 0 bridgehead atoms. The molecule has 0 radical (unpaired) electrons. The molecule has 1 N–H and O–H groups in total. The van der Waals surface area contributed by atoms with E-state index in [0.717, 1.165) is 50.7 Å². The Morgan fingerprint density at radius 1 is 1.07 bits per heavy atom. The third-order valence-electron chi connectivity index (χ3n) is 5.79. The summed E-state index contributed by atoms with van der Waals surface area (Å²) in [5, 5.41) is 11.6. The number of hydrogen-bond donors (Lipinski definition) is 1. The predicted octanol–water partition coefficient (Wildman–Crippen LogP) is 2.66. The lowest BCUT2D eigenvalue weighted by Gasteiger charge is -2.22. The zero-order valence-electron chi connectivity index (χ0n) is 17.4. The van der Waals surface area contributed by atoms with E-state index >= 15 is 0 Å². The molecular formula is C23H28N6O. The predicted molar refractivity (Wildman–Crippen MR) is 115 cm³/mol. The highest BCUT2D eigenvalue weighted by Crippen LogP contribution is 2.19. The van der Waals surface area contributed by atoms with Crippen LogP contribution >= 0.6 is 0 Å². The quantitative estimate of drug-likeness (QED) is 0.655. The Hall–Kier alpha value is -3.06. The minimum atomic E-state index is -0.125. The first kappa shape index (κ1) is 20.2. The molecule has 7 heteroatoms. The molecule has 0 aliphatic carbocycles. The van der Waals surface area contributed by atoms with Gasteiger partial charge in [-0.3, -0.25) is 9.78 Å². The summed E-state index contributed by atoms with van der Waals surface area (Å²) in [6.45, 7) is 6.55. The number of nitrogens with one attached hydrogen (secondary N) is 1. The first-order valence-electron chi connectivity index (χ1n) is 10.6. The van der Waals surface area contributed by atoms with Crippen LogP contribution < -0.4 is 5.32 Å². The van der Waals surface area contributed by atoms with E-state index in [0.29, 0.717) is 18.0 Å². The second-order valence-corrected chi connectivity index (χ2v) is 7.79. The zero-order chi connectivity index (χ0) is 20.8. The summed E-state index contributed by atoms with van der Waals surface area (Å²) in [7, 11) is 0. The SMILES string of the molecule is C[C@@H](CCN1CCc2nnc(CNC(=O)c3ccncc3)n2CC1)c1ccccc1. The maximum Gasteiger partial charge on any atom is 0.251 e. The van der Waals surface area contributed by atoms with Gasteiger partial charge in [0.25, 0.3) is 5.91 Å². The molecule has 7 nitrogen and oxygen atoms in total. The van der Waals surface area contributed by atoms with Gasteiger partial charge in [0.15, 0.2) is 5.82 Å². The standard InChI is InChI=1S/C23H28N6O/c1-18(19-5-3-2-4-6-19)9-13-28-14-10-21-26-27-22(29(21)16-15-28)17-25-23(30)20-7-11-24-12-8-20/h2-8,11-12,18H,9-10,13-17H2,1H3,(H,25,30)/t18-/m0/s1. The molecule has 0 unspecified atom stereocenters. The average molecular weight is 405 g/mol. The van der Waals surface area contributed by atoms with E-state index < -0.39 is 0 Å². The van der Waals surface area contributed by atoms with Crippen molar-refractivity contribution in [1.29, 1.82) is 0 Å². The van der Waals surface area contributed by atoms with Crippen molar-refractivity contribution in [3.05, 3.63) is 77.6 Å². The molecule has 3 heterocycles. The van der Waals surface area contributed by atoms with Crippen molar-refractivity contribution in [2.45, 2.75) is 38.8 Å².